The van der Waals surface area contributed by atoms with Crippen molar-refractivity contribution in [1.82, 2.24) is 10.2 Å². The molecule has 3 rings (SSSR count). The number of aliphatic imine (C=N–C) groups is 1. The lowest BCUT2D eigenvalue weighted by atomic mass is 10.2. The Bertz CT molecular complexity index is 777. The standard InChI is InChI=1S/C21H28N4O2.HI/c1-22-21(23-16-17-7-6-8-18(15-17)26-2)25-13-11-24(12-14-25)19-9-4-5-10-20(19)27-3;/h4-10,15H,11-14,16H2,1-3H3,(H,22,23);1H. The van der Waals surface area contributed by atoms with Crippen LogP contribution in [0.1, 0.15) is 5.56 Å². The van der Waals surface area contributed by atoms with Gasteiger partial charge in [0.1, 0.15) is 11.5 Å². The number of methoxy groups -OCH3 is 2. The molecule has 0 aromatic heterocycles. The Morgan fingerprint density at radius 2 is 1.75 bits per heavy atom. The minimum absolute atomic E-state index is 0. The average molecular weight is 496 g/mol. The maximum atomic E-state index is 5.50. The molecule has 1 saturated heterocycles. The molecule has 28 heavy (non-hydrogen) atoms. The van der Waals surface area contributed by atoms with Crippen LogP contribution in [0.2, 0.25) is 0 Å². The van der Waals surface area contributed by atoms with E-state index in [9.17, 15) is 0 Å². The van der Waals surface area contributed by atoms with Gasteiger partial charge in [0.05, 0.1) is 19.9 Å². The number of hydrogen-bond acceptors (Lipinski definition) is 4. The molecular weight excluding hydrogens is 467 g/mol. The van der Waals surface area contributed by atoms with Crippen molar-refractivity contribution in [3.63, 3.8) is 0 Å². The zero-order valence-electron chi connectivity index (χ0n) is 16.7. The normalized spacial score (nSPS) is 14.3. The van der Waals surface area contributed by atoms with E-state index >= 15 is 0 Å². The van der Waals surface area contributed by atoms with Gasteiger partial charge in [-0.15, -0.1) is 24.0 Å². The number of anilines is 1. The van der Waals surface area contributed by atoms with Crippen LogP contribution in [0, 0.1) is 0 Å². The minimum Gasteiger partial charge on any atom is -0.497 e. The Labute approximate surface area is 184 Å². The third-order valence-corrected chi connectivity index (χ3v) is 4.80. The Balaban J connectivity index is 0.00000280. The predicted octanol–water partition coefficient (Wildman–Crippen LogP) is 3.22. The van der Waals surface area contributed by atoms with Gasteiger partial charge in [-0.3, -0.25) is 4.99 Å². The van der Waals surface area contributed by atoms with Crippen LogP contribution in [-0.4, -0.2) is 58.3 Å². The number of guanidine groups is 1. The monoisotopic (exact) mass is 496 g/mol. The van der Waals surface area contributed by atoms with Crippen LogP contribution < -0.4 is 19.7 Å². The topological polar surface area (TPSA) is 49.3 Å². The number of benzene rings is 2. The summed E-state index contributed by atoms with van der Waals surface area (Å²) in [5, 5.41) is 3.46. The lowest BCUT2D eigenvalue weighted by Crippen LogP contribution is -2.52. The molecule has 6 nitrogen and oxygen atoms in total. The second-order valence-corrected chi connectivity index (χ2v) is 6.40. The smallest absolute Gasteiger partial charge is 0.194 e. The molecule has 0 bridgehead atoms. The van der Waals surface area contributed by atoms with Crippen molar-refractivity contribution >= 4 is 35.6 Å². The molecule has 1 aliphatic heterocycles. The molecular formula is C21H29IN4O2. The summed E-state index contributed by atoms with van der Waals surface area (Å²) < 4.78 is 10.8. The van der Waals surface area contributed by atoms with Gasteiger partial charge in [0.15, 0.2) is 5.96 Å². The van der Waals surface area contributed by atoms with Crippen LogP contribution in [0.5, 0.6) is 11.5 Å². The van der Waals surface area contributed by atoms with Gasteiger partial charge in [-0.2, -0.15) is 0 Å². The Morgan fingerprint density at radius 3 is 2.43 bits per heavy atom. The van der Waals surface area contributed by atoms with E-state index in [1.165, 1.54) is 5.56 Å². The van der Waals surface area contributed by atoms with Gasteiger partial charge >= 0.3 is 0 Å². The summed E-state index contributed by atoms with van der Waals surface area (Å²) in [4.78, 5) is 9.12. The SMILES string of the molecule is CN=C(NCc1cccc(OC)c1)N1CCN(c2ccccc2OC)CC1.I. The van der Waals surface area contributed by atoms with Gasteiger partial charge in [-0.1, -0.05) is 24.3 Å². The summed E-state index contributed by atoms with van der Waals surface area (Å²) in [6, 6.07) is 16.3. The molecule has 0 amide bonds. The van der Waals surface area contributed by atoms with Crippen molar-refractivity contribution in [1.29, 1.82) is 0 Å². The van der Waals surface area contributed by atoms with E-state index in [1.807, 2.05) is 37.4 Å². The predicted molar refractivity (Wildman–Crippen MR) is 125 cm³/mol. The molecule has 0 saturated carbocycles. The molecule has 1 aliphatic rings. The molecule has 2 aromatic carbocycles. The van der Waals surface area contributed by atoms with Crippen LogP contribution in [0.3, 0.4) is 0 Å². The van der Waals surface area contributed by atoms with Gasteiger partial charge < -0.3 is 24.6 Å². The Kier molecular flexibility index (Phi) is 8.69. The largest absolute Gasteiger partial charge is 0.497 e. The highest BCUT2D eigenvalue weighted by Gasteiger charge is 2.21. The summed E-state index contributed by atoms with van der Waals surface area (Å²) in [5.41, 5.74) is 2.32. The molecule has 1 heterocycles. The lowest BCUT2D eigenvalue weighted by Gasteiger charge is -2.38. The maximum absolute atomic E-state index is 5.50. The third kappa shape index (κ3) is 5.43. The minimum atomic E-state index is 0. The quantitative estimate of drug-likeness (QED) is 0.392. The van der Waals surface area contributed by atoms with Gasteiger partial charge in [0.2, 0.25) is 0 Å². The molecule has 0 radical (unpaired) electrons. The second kappa shape index (κ2) is 11.0. The first-order valence-corrected chi connectivity index (χ1v) is 9.21. The van der Waals surface area contributed by atoms with E-state index in [0.717, 1.165) is 55.9 Å². The fourth-order valence-electron chi connectivity index (χ4n) is 3.35. The van der Waals surface area contributed by atoms with E-state index in [2.05, 4.69) is 38.3 Å². The van der Waals surface area contributed by atoms with Crippen molar-refractivity contribution in [2.24, 2.45) is 4.99 Å². The molecule has 1 fully saturated rings. The number of nitrogens with zero attached hydrogens (tertiary/aromatic N) is 3. The first kappa shape index (κ1) is 22.1. The third-order valence-electron chi connectivity index (χ3n) is 4.80. The zero-order chi connectivity index (χ0) is 19.1. The summed E-state index contributed by atoms with van der Waals surface area (Å²) in [6.45, 7) is 4.41. The number of nitrogens with one attached hydrogen (secondary N) is 1. The summed E-state index contributed by atoms with van der Waals surface area (Å²) in [5.74, 6) is 2.72. The van der Waals surface area contributed by atoms with Gasteiger partial charge in [-0.25, -0.2) is 0 Å². The number of ether oxygens (including phenoxy) is 2. The van der Waals surface area contributed by atoms with E-state index in [4.69, 9.17) is 9.47 Å². The van der Waals surface area contributed by atoms with Crippen molar-refractivity contribution in [3.05, 3.63) is 54.1 Å². The highest BCUT2D eigenvalue weighted by atomic mass is 127. The average Bonchev–Trinajstić information content (AvgIpc) is 2.74. The number of piperazine rings is 1. The van der Waals surface area contributed by atoms with Crippen LogP contribution >= 0.6 is 24.0 Å². The van der Waals surface area contributed by atoms with Crippen molar-refractivity contribution in [2.45, 2.75) is 6.54 Å². The zero-order valence-corrected chi connectivity index (χ0v) is 19.1. The molecule has 0 atom stereocenters. The molecule has 7 heteroatoms. The van der Waals surface area contributed by atoms with Crippen LogP contribution in [0.15, 0.2) is 53.5 Å². The number of halogens is 1. The Morgan fingerprint density at radius 1 is 1.00 bits per heavy atom. The molecule has 152 valence electrons. The first-order valence-electron chi connectivity index (χ1n) is 9.21. The molecule has 2 aromatic rings. The van der Waals surface area contributed by atoms with Crippen molar-refractivity contribution in [2.75, 3.05) is 52.3 Å². The van der Waals surface area contributed by atoms with E-state index in [1.54, 1.807) is 14.2 Å². The molecule has 1 N–H and O–H groups in total. The van der Waals surface area contributed by atoms with E-state index in [0.29, 0.717) is 0 Å². The van der Waals surface area contributed by atoms with Gasteiger partial charge in [0.25, 0.3) is 0 Å². The summed E-state index contributed by atoms with van der Waals surface area (Å²) >= 11 is 0. The number of rotatable bonds is 5. The van der Waals surface area contributed by atoms with E-state index < -0.39 is 0 Å². The van der Waals surface area contributed by atoms with Gasteiger partial charge in [0, 0.05) is 39.8 Å². The highest BCUT2D eigenvalue weighted by molar-refractivity contribution is 14.0. The first-order chi connectivity index (χ1) is 13.2. The van der Waals surface area contributed by atoms with Crippen LogP contribution in [0.25, 0.3) is 0 Å². The van der Waals surface area contributed by atoms with Crippen LogP contribution in [0.4, 0.5) is 5.69 Å². The maximum Gasteiger partial charge on any atom is 0.194 e. The summed E-state index contributed by atoms with van der Waals surface area (Å²) in [7, 11) is 5.24. The molecule has 0 unspecified atom stereocenters. The van der Waals surface area contributed by atoms with Gasteiger partial charge in [-0.05, 0) is 29.8 Å². The van der Waals surface area contributed by atoms with Crippen molar-refractivity contribution < 1.29 is 9.47 Å². The lowest BCUT2D eigenvalue weighted by molar-refractivity contribution is 0.367. The highest BCUT2D eigenvalue weighted by Crippen LogP contribution is 2.28. The number of hydrogen-bond donors (Lipinski definition) is 1. The molecule has 0 spiro atoms. The molecule has 0 aliphatic carbocycles. The van der Waals surface area contributed by atoms with E-state index in [-0.39, 0.29) is 24.0 Å². The Hall–Kier alpha value is -2.16. The van der Waals surface area contributed by atoms with Crippen molar-refractivity contribution in [3.8, 4) is 11.5 Å². The second-order valence-electron chi connectivity index (χ2n) is 6.40. The summed E-state index contributed by atoms with van der Waals surface area (Å²) in [6.07, 6.45) is 0. The number of para-hydroxylation sites is 2. The fourth-order valence-corrected chi connectivity index (χ4v) is 3.35. The van der Waals surface area contributed by atoms with Crippen LogP contribution in [-0.2, 0) is 6.54 Å². The fraction of sp³-hybridized carbons (Fsp3) is 0.381.